The molecule has 0 unspecified atom stereocenters. The van der Waals surface area contributed by atoms with Crippen LogP contribution in [-0.4, -0.2) is 36.5 Å². The van der Waals surface area contributed by atoms with Gasteiger partial charge in [0.25, 0.3) is 0 Å². The standard InChI is InChI=1S/C20H19N9O3/c1-20(2,3)12-6-13(31-27-12)26-19(30)25-11-5-4-9(15-16(11)29-32-28-15)10-7-22-18-14(10)17(21)23-8-24-18/h4-8H,1-3H3,(H2,25,26,30)(H3,21,22,23,24). The van der Waals surface area contributed by atoms with Crippen LogP contribution in [-0.2, 0) is 5.41 Å². The lowest BCUT2D eigenvalue weighted by Gasteiger charge is -2.12. The van der Waals surface area contributed by atoms with Crippen molar-refractivity contribution in [1.82, 2.24) is 30.4 Å². The van der Waals surface area contributed by atoms with Crippen molar-refractivity contribution >= 4 is 45.5 Å². The van der Waals surface area contributed by atoms with Gasteiger partial charge in [0.05, 0.1) is 16.8 Å². The largest absolute Gasteiger partial charge is 0.383 e. The second-order valence-electron chi connectivity index (χ2n) is 8.21. The summed E-state index contributed by atoms with van der Waals surface area (Å²) in [6.07, 6.45) is 3.14. The van der Waals surface area contributed by atoms with Gasteiger partial charge in [0.1, 0.15) is 23.3 Å². The molecule has 5 aromatic rings. The van der Waals surface area contributed by atoms with Crippen molar-refractivity contribution in [2.24, 2.45) is 0 Å². The summed E-state index contributed by atoms with van der Waals surface area (Å²) in [5.41, 5.74) is 9.83. The zero-order valence-corrected chi connectivity index (χ0v) is 17.4. The molecule has 4 heterocycles. The molecule has 0 radical (unpaired) electrons. The summed E-state index contributed by atoms with van der Waals surface area (Å²) in [4.78, 5) is 23.8. The molecule has 1 aromatic carbocycles. The van der Waals surface area contributed by atoms with Crippen molar-refractivity contribution in [3.63, 3.8) is 0 Å². The number of benzene rings is 1. The van der Waals surface area contributed by atoms with Gasteiger partial charge in [0, 0.05) is 28.8 Å². The fourth-order valence-electron chi connectivity index (χ4n) is 3.34. The van der Waals surface area contributed by atoms with Gasteiger partial charge in [-0.1, -0.05) is 25.9 Å². The third-order valence-electron chi connectivity index (χ3n) is 4.97. The van der Waals surface area contributed by atoms with Crippen molar-refractivity contribution in [2.75, 3.05) is 16.4 Å². The highest BCUT2D eigenvalue weighted by molar-refractivity contribution is 6.10. The number of carbonyl (C=O) groups is 1. The number of aromatic amines is 1. The summed E-state index contributed by atoms with van der Waals surface area (Å²) >= 11 is 0. The Balaban J connectivity index is 1.45. The molecule has 0 bridgehead atoms. The van der Waals surface area contributed by atoms with E-state index < -0.39 is 6.03 Å². The van der Waals surface area contributed by atoms with Crippen LogP contribution in [0.2, 0.25) is 0 Å². The average molecular weight is 433 g/mol. The number of rotatable bonds is 3. The van der Waals surface area contributed by atoms with Gasteiger partial charge < -0.3 is 20.6 Å². The Morgan fingerprint density at radius 1 is 1.06 bits per heavy atom. The number of aromatic nitrogens is 6. The van der Waals surface area contributed by atoms with Crippen LogP contribution in [0.25, 0.3) is 33.2 Å². The van der Waals surface area contributed by atoms with Crippen molar-refractivity contribution in [1.29, 1.82) is 0 Å². The predicted molar refractivity (Wildman–Crippen MR) is 117 cm³/mol. The van der Waals surface area contributed by atoms with Gasteiger partial charge >= 0.3 is 6.03 Å². The number of nitrogens with two attached hydrogens (primary N) is 1. The van der Waals surface area contributed by atoms with Crippen molar-refractivity contribution < 1.29 is 13.9 Å². The number of hydrogen-bond acceptors (Lipinski definition) is 9. The first-order chi connectivity index (χ1) is 15.3. The van der Waals surface area contributed by atoms with Crippen LogP contribution in [0.5, 0.6) is 0 Å². The van der Waals surface area contributed by atoms with Gasteiger partial charge in [0.2, 0.25) is 5.88 Å². The number of anilines is 3. The monoisotopic (exact) mass is 433 g/mol. The third kappa shape index (κ3) is 3.27. The van der Waals surface area contributed by atoms with Crippen molar-refractivity contribution in [3.8, 4) is 11.1 Å². The number of nitrogens with one attached hydrogen (secondary N) is 3. The molecule has 5 N–H and O–H groups in total. The van der Waals surface area contributed by atoms with Crippen LogP contribution in [0, 0.1) is 0 Å². The van der Waals surface area contributed by atoms with Crippen LogP contribution >= 0.6 is 0 Å². The molecule has 2 amide bonds. The zero-order chi connectivity index (χ0) is 22.5. The lowest BCUT2D eigenvalue weighted by atomic mass is 9.92. The summed E-state index contributed by atoms with van der Waals surface area (Å²) in [5.74, 6) is 0.562. The quantitative estimate of drug-likeness (QED) is 0.331. The Kier molecular flexibility index (Phi) is 4.29. The van der Waals surface area contributed by atoms with E-state index in [1.54, 1.807) is 24.4 Å². The molecular formula is C20H19N9O3. The second-order valence-corrected chi connectivity index (χ2v) is 8.21. The molecule has 0 aliphatic rings. The number of H-pyrrole nitrogens is 1. The number of urea groups is 1. The predicted octanol–water partition coefficient (Wildman–Crippen LogP) is 3.67. The molecule has 0 atom stereocenters. The highest BCUT2D eigenvalue weighted by atomic mass is 16.6. The van der Waals surface area contributed by atoms with Crippen LogP contribution in [0.15, 0.2) is 39.9 Å². The number of fused-ring (bicyclic) bond motifs is 2. The number of nitrogens with zero attached hydrogens (tertiary/aromatic N) is 5. The van der Waals surface area contributed by atoms with Gasteiger partial charge in [-0.05, 0) is 22.4 Å². The molecule has 12 nitrogen and oxygen atoms in total. The van der Waals surface area contributed by atoms with E-state index in [2.05, 4.69) is 41.1 Å². The summed E-state index contributed by atoms with van der Waals surface area (Å²) in [7, 11) is 0. The molecule has 162 valence electrons. The topological polar surface area (TPSA) is 174 Å². The van der Waals surface area contributed by atoms with Crippen LogP contribution in [0.3, 0.4) is 0 Å². The number of amides is 2. The highest BCUT2D eigenvalue weighted by Gasteiger charge is 2.21. The van der Waals surface area contributed by atoms with Crippen molar-refractivity contribution in [2.45, 2.75) is 26.2 Å². The Bertz CT molecular complexity index is 1460. The maximum absolute atomic E-state index is 12.5. The maximum Gasteiger partial charge on any atom is 0.326 e. The molecule has 0 saturated carbocycles. The number of hydrogen-bond donors (Lipinski definition) is 4. The van der Waals surface area contributed by atoms with Gasteiger partial charge in [-0.3, -0.25) is 5.32 Å². The maximum atomic E-state index is 12.5. The van der Waals surface area contributed by atoms with Gasteiger partial charge in [-0.15, -0.1) is 0 Å². The molecule has 0 spiro atoms. The lowest BCUT2D eigenvalue weighted by Crippen LogP contribution is -2.19. The van der Waals surface area contributed by atoms with Gasteiger partial charge in [0.15, 0.2) is 5.52 Å². The van der Waals surface area contributed by atoms with E-state index >= 15 is 0 Å². The smallest absolute Gasteiger partial charge is 0.326 e. The van der Waals surface area contributed by atoms with E-state index in [-0.39, 0.29) is 11.3 Å². The van der Waals surface area contributed by atoms with Crippen LogP contribution in [0.1, 0.15) is 26.5 Å². The Hall–Kier alpha value is -4.48. The molecule has 4 aromatic heterocycles. The highest BCUT2D eigenvalue weighted by Crippen LogP contribution is 2.36. The summed E-state index contributed by atoms with van der Waals surface area (Å²) in [6, 6.07) is 4.63. The lowest BCUT2D eigenvalue weighted by molar-refractivity contribution is 0.261. The van der Waals surface area contributed by atoms with E-state index in [9.17, 15) is 4.79 Å². The first-order valence-electron chi connectivity index (χ1n) is 9.69. The SMILES string of the molecule is CC(C)(C)c1cc(NC(=O)Nc2ccc(-c3c[nH]c4ncnc(N)c34)c3nonc23)on1. The summed E-state index contributed by atoms with van der Waals surface area (Å²) < 4.78 is 10.2. The normalized spacial score (nSPS) is 11.8. The molecular weight excluding hydrogens is 414 g/mol. The molecule has 0 aliphatic carbocycles. The Morgan fingerprint density at radius 3 is 2.66 bits per heavy atom. The molecule has 12 heteroatoms. The van der Waals surface area contributed by atoms with E-state index in [4.69, 9.17) is 14.9 Å². The summed E-state index contributed by atoms with van der Waals surface area (Å²) in [6.45, 7) is 5.99. The second kappa shape index (κ2) is 7.04. The van der Waals surface area contributed by atoms with Gasteiger partial charge in [-0.25, -0.2) is 19.4 Å². The van der Waals surface area contributed by atoms with Crippen LogP contribution < -0.4 is 16.4 Å². The summed E-state index contributed by atoms with van der Waals surface area (Å²) in [5, 5.41) is 18.0. The minimum Gasteiger partial charge on any atom is -0.383 e. The fraction of sp³-hybridized carbons (Fsp3) is 0.200. The van der Waals surface area contributed by atoms with Gasteiger partial charge in [-0.2, -0.15) is 0 Å². The number of carbonyl (C=O) groups excluding carboxylic acids is 1. The third-order valence-corrected chi connectivity index (χ3v) is 4.97. The molecule has 0 fully saturated rings. The van der Waals surface area contributed by atoms with E-state index in [0.717, 1.165) is 11.3 Å². The molecule has 0 saturated heterocycles. The van der Waals surface area contributed by atoms with Crippen LogP contribution in [0.4, 0.5) is 22.2 Å². The molecule has 5 rings (SSSR count). The minimum atomic E-state index is -0.525. The minimum absolute atomic E-state index is 0.203. The van der Waals surface area contributed by atoms with E-state index in [1.165, 1.54) is 6.33 Å². The first kappa shape index (κ1) is 19.5. The average Bonchev–Trinajstić information content (AvgIpc) is 3.47. The zero-order valence-electron chi connectivity index (χ0n) is 17.4. The fourth-order valence-corrected chi connectivity index (χ4v) is 3.34. The number of nitrogen functional groups attached to an aromatic ring is 1. The van der Waals surface area contributed by atoms with E-state index in [0.29, 0.717) is 39.1 Å². The van der Waals surface area contributed by atoms with E-state index in [1.807, 2.05) is 20.8 Å². The Morgan fingerprint density at radius 2 is 1.88 bits per heavy atom. The molecule has 0 aliphatic heterocycles. The first-order valence-corrected chi connectivity index (χ1v) is 9.69. The molecule has 32 heavy (non-hydrogen) atoms. The Labute approximate surface area is 180 Å². The van der Waals surface area contributed by atoms with Crippen molar-refractivity contribution in [3.05, 3.63) is 36.4 Å².